The highest BCUT2D eigenvalue weighted by Crippen LogP contribution is 2.34. The number of benzene rings is 2. The van der Waals surface area contributed by atoms with Crippen LogP contribution in [0.4, 0.5) is 16.2 Å². The predicted molar refractivity (Wildman–Crippen MR) is 129 cm³/mol. The third kappa shape index (κ3) is 4.74. The Kier molecular flexibility index (Phi) is 6.39. The van der Waals surface area contributed by atoms with E-state index in [0.717, 1.165) is 34.7 Å². The normalized spacial score (nSPS) is 11.4. The van der Waals surface area contributed by atoms with Gasteiger partial charge in [-0.15, -0.1) is 0 Å². The number of carbonyl (C=O) groups excluding carboxylic acids is 1. The molecule has 1 heterocycles. The number of aryl methyl sites for hydroxylation is 1. The van der Waals surface area contributed by atoms with E-state index in [9.17, 15) is 4.79 Å². The van der Waals surface area contributed by atoms with Gasteiger partial charge in [-0.25, -0.2) is 9.78 Å². The molecule has 0 radical (unpaired) electrons. The van der Waals surface area contributed by atoms with Crippen molar-refractivity contribution in [3.05, 3.63) is 54.6 Å². The molecule has 0 bridgehead atoms. The first-order valence-corrected chi connectivity index (χ1v) is 10.5. The molecule has 1 N–H and O–H groups in total. The third-order valence-electron chi connectivity index (χ3n) is 5.46. The van der Waals surface area contributed by atoms with Crippen molar-refractivity contribution in [1.29, 1.82) is 0 Å². The van der Waals surface area contributed by atoms with Crippen LogP contribution in [0.5, 0.6) is 0 Å². The molecule has 6 heteroatoms. The smallest absolute Gasteiger partial charge is 0.412 e. The standard InChI is InChI=1S/C25H32N4O2/c1-8-14-31-24(30)27-19-15-20-22(16-21(19)28(6)9-2)29(7)23(26-20)17-10-12-18(13-11-17)25(3,4)5/h8,10-13,15-16H,1,9,14H2,2-7H3,(H,27,30). The fourth-order valence-electron chi connectivity index (χ4n) is 3.47. The predicted octanol–water partition coefficient (Wildman–Crippen LogP) is 5.73. The number of ether oxygens (including phenoxy) is 1. The summed E-state index contributed by atoms with van der Waals surface area (Å²) in [7, 11) is 4.01. The molecule has 0 saturated heterocycles. The van der Waals surface area contributed by atoms with Gasteiger partial charge in [0.15, 0.2) is 0 Å². The summed E-state index contributed by atoms with van der Waals surface area (Å²) < 4.78 is 7.19. The minimum Gasteiger partial charge on any atom is -0.445 e. The van der Waals surface area contributed by atoms with Gasteiger partial charge < -0.3 is 14.2 Å². The van der Waals surface area contributed by atoms with Crippen LogP contribution in [0.25, 0.3) is 22.4 Å². The molecule has 0 fully saturated rings. The van der Waals surface area contributed by atoms with Crippen molar-refractivity contribution in [3.63, 3.8) is 0 Å². The van der Waals surface area contributed by atoms with E-state index in [1.807, 2.05) is 20.2 Å². The molecule has 164 valence electrons. The van der Waals surface area contributed by atoms with Crippen molar-refractivity contribution in [2.24, 2.45) is 7.05 Å². The number of rotatable bonds is 6. The van der Waals surface area contributed by atoms with Gasteiger partial charge in [0.1, 0.15) is 12.4 Å². The van der Waals surface area contributed by atoms with Crippen LogP contribution in [0.3, 0.4) is 0 Å². The Bertz CT molecular complexity index is 1090. The highest BCUT2D eigenvalue weighted by Gasteiger charge is 2.18. The summed E-state index contributed by atoms with van der Waals surface area (Å²) in [4.78, 5) is 19.1. The number of carbonyl (C=O) groups is 1. The Labute approximate surface area is 184 Å². The summed E-state index contributed by atoms with van der Waals surface area (Å²) in [6, 6.07) is 12.5. The fourth-order valence-corrected chi connectivity index (χ4v) is 3.47. The van der Waals surface area contributed by atoms with E-state index in [1.54, 1.807) is 0 Å². The quantitative estimate of drug-likeness (QED) is 0.518. The Morgan fingerprint density at radius 3 is 2.52 bits per heavy atom. The maximum Gasteiger partial charge on any atom is 0.412 e. The van der Waals surface area contributed by atoms with Crippen LogP contribution in [-0.2, 0) is 17.2 Å². The Morgan fingerprint density at radius 2 is 1.94 bits per heavy atom. The van der Waals surface area contributed by atoms with E-state index in [0.29, 0.717) is 5.69 Å². The molecule has 0 unspecified atom stereocenters. The topological polar surface area (TPSA) is 59.4 Å². The summed E-state index contributed by atoms with van der Waals surface area (Å²) in [6.45, 7) is 13.2. The molecule has 1 aromatic heterocycles. The lowest BCUT2D eigenvalue weighted by Gasteiger charge is -2.21. The number of hydrogen-bond donors (Lipinski definition) is 1. The first-order valence-electron chi connectivity index (χ1n) is 10.5. The lowest BCUT2D eigenvalue weighted by atomic mass is 9.87. The van der Waals surface area contributed by atoms with Crippen LogP contribution < -0.4 is 10.2 Å². The summed E-state index contributed by atoms with van der Waals surface area (Å²) in [5, 5.41) is 2.85. The second-order valence-electron chi connectivity index (χ2n) is 8.71. The number of nitrogens with one attached hydrogen (secondary N) is 1. The van der Waals surface area contributed by atoms with Crippen molar-refractivity contribution in [2.45, 2.75) is 33.1 Å². The van der Waals surface area contributed by atoms with E-state index in [1.165, 1.54) is 11.6 Å². The molecule has 3 aromatic rings. The number of aromatic nitrogens is 2. The first-order chi connectivity index (χ1) is 14.7. The average Bonchev–Trinajstić information content (AvgIpc) is 3.06. The van der Waals surface area contributed by atoms with Crippen molar-refractivity contribution in [3.8, 4) is 11.4 Å². The van der Waals surface area contributed by atoms with Gasteiger partial charge in [-0.05, 0) is 30.0 Å². The van der Waals surface area contributed by atoms with Crippen LogP contribution in [0.2, 0.25) is 0 Å². The second kappa shape index (κ2) is 8.84. The Balaban J connectivity index is 2.06. The fraction of sp³-hybridized carbons (Fsp3) is 0.360. The van der Waals surface area contributed by atoms with Crippen LogP contribution >= 0.6 is 0 Å². The van der Waals surface area contributed by atoms with Gasteiger partial charge in [0, 0.05) is 26.2 Å². The van der Waals surface area contributed by atoms with Crippen molar-refractivity contribution >= 4 is 28.5 Å². The molecule has 0 aliphatic heterocycles. The van der Waals surface area contributed by atoms with Crippen LogP contribution in [0, 0.1) is 0 Å². The molecule has 31 heavy (non-hydrogen) atoms. The maximum atomic E-state index is 12.2. The average molecular weight is 421 g/mol. The zero-order valence-electron chi connectivity index (χ0n) is 19.3. The summed E-state index contributed by atoms with van der Waals surface area (Å²) >= 11 is 0. The number of hydrogen-bond acceptors (Lipinski definition) is 4. The molecule has 0 saturated carbocycles. The highest BCUT2D eigenvalue weighted by atomic mass is 16.5. The highest BCUT2D eigenvalue weighted by molar-refractivity contribution is 5.96. The van der Waals surface area contributed by atoms with E-state index in [4.69, 9.17) is 9.72 Å². The van der Waals surface area contributed by atoms with E-state index < -0.39 is 6.09 Å². The molecule has 6 nitrogen and oxygen atoms in total. The number of fused-ring (bicyclic) bond motifs is 1. The SMILES string of the molecule is C=CCOC(=O)Nc1cc2nc(-c3ccc(C(C)(C)C)cc3)n(C)c2cc1N(C)CC. The largest absolute Gasteiger partial charge is 0.445 e. The van der Waals surface area contributed by atoms with Crippen molar-refractivity contribution in [1.82, 2.24) is 9.55 Å². The molecule has 0 atom stereocenters. The van der Waals surface area contributed by atoms with Crippen LogP contribution in [0.15, 0.2) is 49.1 Å². The molecule has 3 rings (SSSR count). The molecule has 1 amide bonds. The number of amides is 1. The van der Waals surface area contributed by atoms with Crippen LogP contribution in [0.1, 0.15) is 33.3 Å². The minimum absolute atomic E-state index is 0.102. The summed E-state index contributed by atoms with van der Waals surface area (Å²) in [5.41, 5.74) is 5.82. The lowest BCUT2D eigenvalue weighted by Crippen LogP contribution is -2.20. The number of anilines is 2. The zero-order valence-corrected chi connectivity index (χ0v) is 19.3. The van der Waals surface area contributed by atoms with E-state index in [-0.39, 0.29) is 12.0 Å². The zero-order chi connectivity index (χ0) is 22.8. The van der Waals surface area contributed by atoms with Gasteiger partial charge in [0.2, 0.25) is 0 Å². The molecular weight excluding hydrogens is 388 g/mol. The van der Waals surface area contributed by atoms with Gasteiger partial charge in [-0.1, -0.05) is 57.7 Å². The Hall–Kier alpha value is -3.28. The summed E-state index contributed by atoms with van der Waals surface area (Å²) in [6.07, 6.45) is 1.02. The Morgan fingerprint density at radius 1 is 1.26 bits per heavy atom. The van der Waals surface area contributed by atoms with E-state index in [2.05, 4.69) is 79.4 Å². The molecule has 0 aliphatic rings. The maximum absolute atomic E-state index is 12.2. The minimum atomic E-state index is -0.515. The molecule has 0 aliphatic carbocycles. The summed E-state index contributed by atoms with van der Waals surface area (Å²) in [5.74, 6) is 0.881. The first kappa shape index (κ1) is 22.4. The van der Waals surface area contributed by atoms with Gasteiger partial charge in [0.25, 0.3) is 0 Å². The van der Waals surface area contributed by atoms with Gasteiger partial charge >= 0.3 is 6.09 Å². The van der Waals surface area contributed by atoms with Crippen LogP contribution in [-0.4, -0.2) is 35.8 Å². The van der Waals surface area contributed by atoms with Crippen molar-refractivity contribution < 1.29 is 9.53 Å². The molecule has 0 spiro atoms. The number of nitrogens with zero attached hydrogens (tertiary/aromatic N) is 3. The van der Waals surface area contributed by atoms with Gasteiger partial charge in [0.05, 0.1) is 22.4 Å². The van der Waals surface area contributed by atoms with Gasteiger partial charge in [-0.3, -0.25) is 5.32 Å². The lowest BCUT2D eigenvalue weighted by molar-refractivity contribution is 0.174. The monoisotopic (exact) mass is 420 g/mol. The molecule has 2 aromatic carbocycles. The van der Waals surface area contributed by atoms with Gasteiger partial charge in [-0.2, -0.15) is 0 Å². The van der Waals surface area contributed by atoms with Crippen molar-refractivity contribution in [2.75, 3.05) is 30.4 Å². The second-order valence-corrected chi connectivity index (χ2v) is 8.71. The molecular formula is C25H32N4O2. The van der Waals surface area contributed by atoms with E-state index >= 15 is 0 Å². The third-order valence-corrected chi connectivity index (χ3v) is 5.46. The number of imidazole rings is 1.